The van der Waals surface area contributed by atoms with Crippen molar-refractivity contribution in [3.8, 4) is 0 Å². The third kappa shape index (κ3) is 9.26. The molecule has 1 rings (SSSR count). The van der Waals surface area contributed by atoms with Gasteiger partial charge in [0.25, 0.3) is 0 Å². The smallest absolute Gasteiger partial charge is 0.382 e. The quantitative estimate of drug-likeness (QED) is 0.272. The molecule has 0 heterocycles. The Morgan fingerprint density at radius 3 is 2.32 bits per heavy atom. The standard InChI is InChI=1S/C16H24F3N3O2.HI/c1-20-15(21-8-9-24-11-10-23-3)22(2)12-13-4-6-14(7-5-13)16(17,18)19;/h4-7H,8-12H2,1-3H3,(H,20,21);1H. The van der Waals surface area contributed by atoms with Crippen molar-refractivity contribution in [2.45, 2.75) is 12.7 Å². The van der Waals surface area contributed by atoms with Crippen molar-refractivity contribution in [1.82, 2.24) is 10.2 Å². The Morgan fingerprint density at radius 2 is 1.80 bits per heavy atom. The number of methoxy groups -OCH3 is 1. The van der Waals surface area contributed by atoms with Gasteiger partial charge in [0.05, 0.1) is 25.4 Å². The zero-order valence-electron chi connectivity index (χ0n) is 14.6. The van der Waals surface area contributed by atoms with Crippen LogP contribution in [0.25, 0.3) is 0 Å². The molecular weight excluding hydrogens is 450 g/mol. The van der Waals surface area contributed by atoms with Crippen LogP contribution in [0.5, 0.6) is 0 Å². The van der Waals surface area contributed by atoms with Crippen LogP contribution >= 0.6 is 24.0 Å². The maximum absolute atomic E-state index is 12.6. The van der Waals surface area contributed by atoms with Crippen LogP contribution in [-0.2, 0) is 22.2 Å². The molecule has 0 spiro atoms. The first kappa shape index (κ1) is 23.9. The molecule has 0 bridgehead atoms. The number of nitrogens with zero attached hydrogens (tertiary/aromatic N) is 2. The summed E-state index contributed by atoms with van der Waals surface area (Å²) < 4.78 is 47.9. The van der Waals surface area contributed by atoms with Gasteiger partial charge in [0.15, 0.2) is 5.96 Å². The van der Waals surface area contributed by atoms with Gasteiger partial charge in [0.1, 0.15) is 0 Å². The maximum Gasteiger partial charge on any atom is 0.416 e. The number of halogens is 4. The van der Waals surface area contributed by atoms with Gasteiger partial charge in [-0.3, -0.25) is 4.99 Å². The van der Waals surface area contributed by atoms with E-state index in [1.54, 1.807) is 14.2 Å². The van der Waals surface area contributed by atoms with Crippen molar-refractivity contribution in [2.75, 3.05) is 47.6 Å². The van der Waals surface area contributed by atoms with Crippen LogP contribution in [0.3, 0.4) is 0 Å². The van der Waals surface area contributed by atoms with E-state index >= 15 is 0 Å². The number of hydrogen-bond donors (Lipinski definition) is 1. The van der Waals surface area contributed by atoms with E-state index in [1.165, 1.54) is 12.1 Å². The molecule has 1 N–H and O–H groups in total. The first-order valence-electron chi connectivity index (χ1n) is 7.53. The second-order valence-electron chi connectivity index (χ2n) is 5.13. The summed E-state index contributed by atoms with van der Waals surface area (Å²) in [5.74, 6) is 0.644. The van der Waals surface area contributed by atoms with Gasteiger partial charge in [-0.05, 0) is 17.7 Å². The fraction of sp³-hybridized carbons (Fsp3) is 0.562. The van der Waals surface area contributed by atoms with E-state index in [0.717, 1.165) is 17.7 Å². The molecule has 0 radical (unpaired) electrons. The van der Waals surface area contributed by atoms with Crippen molar-refractivity contribution < 1.29 is 22.6 Å². The molecule has 0 fully saturated rings. The predicted octanol–water partition coefficient (Wildman–Crippen LogP) is 2.99. The Hall–Kier alpha value is -1.07. The highest BCUT2D eigenvalue weighted by molar-refractivity contribution is 14.0. The molecule has 0 saturated heterocycles. The van der Waals surface area contributed by atoms with E-state index in [4.69, 9.17) is 9.47 Å². The summed E-state index contributed by atoms with van der Waals surface area (Å²) in [4.78, 5) is 5.98. The largest absolute Gasteiger partial charge is 0.416 e. The first-order valence-corrected chi connectivity index (χ1v) is 7.53. The Labute approximate surface area is 163 Å². The van der Waals surface area contributed by atoms with Gasteiger partial charge >= 0.3 is 6.18 Å². The fourth-order valence-corrected chi connectivity index (χ4v) is 2.01. The summed E-state index contributed by atoms with van der Waals surface area (Å²) in [6.07, 6.45) is -4.31. The molecule has 5 nitrogen and oxygen atoms in total. The number of aliphatic imine (C=N–C) groups is 1. The molecule has 0 aliphatic carbocycles. The minimum Gasteiger partial charge on any atom is -0.382 e. The van der Waals surface area contributed by atoms with Crippen LogP contribution in [0.15, 0.2) is 29.3 Å². The zero-order chi connectivity index (χ0) is 18.0. The lowest BCUT2D eigenvalue weighted by Gasteiger charge is -2.22. The van der Waals surface area contributed by atoms with Crippen molar-refractivity contribution in [3.05, 3.63) is 35.4 Å². The summed E-state index contributed by atoms with van der Waals surface area (Å²) in [7, 11) is 5.08. The second-order valence-corrected chi connectivity index (χ2v) is 5.13. The second kappa shape index (κ2) is 12.3. The van der Waals surface area contributed by atoms with E-state index in [2.05, 4.69) is 10.3 Å². The van der Waals surface area contributed by atoms with Gasteiger partial charge in [-0.15, -0.1) is 24.0 Å². The van der Waals surface area contributed by atoms with Gasteiger partial charge in [-0.2, -0.15) is 13.2 Å². The Balaban J connectivity index is 0.00000576. The lowest BCUT2D eigenvalue weighted by atomic mass is 10.1. The zero-order valence-corrected chi connectivity index (χ0v) is 16.9. The van der Waals surface area contributed by atoms with Crippen LogP contribution < -0.4 is 5.32 Å². The predicted molar refractivity (Wildman–Crippen MR) is 102 cm³/mol. The summed E-state index contributed by atoms with van der Waals surface area (Å²) in [5, 5.41) is 3.13. The Kier molecular flexibility index (Phi) is 11.8. The molecule has 1 aromatic rings. The minimum absolute atomic E-state index is 0. The Morgan fingerprint density at radius 1 is 1.16 bits per heavy atom. The molecule has 25 heavy (non-hydrogen) atoms. The average molecular weight is 475 g/mol. The number of ether oxygens (including phenoxy) is 2. The molecule has 0 aliphatic heterocycles. The highest BCUT2D eigenvalue weighted by Crippen LogP contribution is 2.29. The van der Waals surface area contributed by atoms with Crippen LogP contribution in [0.4, 0.5) is 13.2 Å². The minimum atomic E-state index is -4.31. The summed E-state index contributed by atoms with van der Waals surface area (Å²) in [5.41, 5.74) is 0.120. The Bertz CT molecular complexity index is 510. The molecule has 0 unspecified atom stereocenters. The molecule has 0 saturated carbocycles. The van der Waals surface area contributed by atoms with Crippen LogP contribution in [0.1, 0.15) is 11.1 Å². The normalized spacial score (nSPS) is 11.8. The maximum atomic E-state index is 12.6. The number of alkyl halides is 3. The van der Waals surface area contributed by atoms with Crippen LogP contribution in [-0.4, -0.2) is 58.4 Å². The molecule has 0 aromatic heterocycles. The first-order chi connectivity index (χ1) is 11.4. The highest BCUT2D eigenvalue weighted by Gasteiger charge is 2.29. The molecule has 0 amide bonds. The van der Waals surface area contributed by atoms with Crippen molar-refractivity contribution >= 4 is 29.9 Å². The van der Waals surface area contributed by atoms with Crippen molar-refractivity contribution in [1.29, 1.82) is 0 Å². The molecule has 1 aromatic carbocycles. The third-order valence-electron chi connectivity index (χ3n) is 3.24. The average Bonchev–Trinajstić information content (AvgIpc) is 2.54. The van der Waals surface area contributed by atoms with Gasteiger partial charge in [-0.25, -0.2) is 0 Å². The van der Waals surface area contributed by atoms with Crippen molar-refractivity contribution in [2.24, 2.45) is 4.99 Å². The summed E-state index contributed by atoms with van der Waals surface area (Å²) in [6.45, 7) is 2.60. The monoisotopic (exact) mass is 475 g/mol. The lowest BCUT2D eigenvalue weighted by Crippen LogP contribution is -2.40. The van der Waals surface area contributed by atoms with Crippen LogP contribution in [0.2, 0.25) is 0 Å². The SMILES string of the molecule is CN=C(NCCOCCOC)N(C)Cc1ccc(C(F)(F)F)cc1.I. The topological polar surface area (TPSA) is 46.1 Å². The number of nitrogens with one attached hydrogen (secondary N) is 1. The van der Waals surface area contributed by atoms with E-state index < -0.39 is 11.7 Å². The molecule has 9 heteroatoms. The van der Waals surface area contributed by atoms with Gasteiger partial charge < -0.3 is 19.7 Å². The van der Waals surface area contributed by atoms with E-state index in [1.807, 2.05) is 11.9 Å². The molecule has 144 valence electrons. The highest BCUT2D eigenvalue weighted by atomic mass is 127. The van der Waals surface area contributed by atoms with E-state index in [9.17, 15) is 13.2 Å². The van der Waals surface area contributed by atoms with Gasteiger partial charge in [0.2, 0.25) is 0 Å². The fourth-order valence-electron chi connectivity index (χ4n) is 2.01. The van der Waals surface area contributed by atoms with E-state index in [0.29, 0.717) is 38.9 Å². The number of rotatable bonds is 8. The van der Waals surface area contributed by atoms with E-state index in [-0.39, 0.29) is 24.0 Å². The number of benzene rings is 1. The summed E-state index contributed by atoms with van der Waals surface area (Å²) >= 11 is 0. The third-order valence-corrected chi connectivity index (χ3v) is 3.24. The lowest BCUT2D eigenvalue weighted by molar-refractivity contribution is -0.137. The van der Waals surface area contributed by atoms with Gasteiger partial charge in [0, 0.05) is 34.3 Å². The molecular formula is C16H25F3IN3O2. The number of guanidine groups is 1. The molecule has 0 aliphatic rings. The molecule has 0 atom stereocenters. The summed E-state index contributed by atoms with van der Waals surface area (Å²) in [6, 6.07) is 5.12. The van der Waals surface area contributed by atoms with Crippen LogP contribution in [0, 0.1) is 0 Å². The van der Waals surface area contributed by atoms with Crippen molar-refractivity contribution in [3.63, 3.8) is 0 Å². The van der Waals surface area contributed by atoms with Gasteiger partial charge in [-0.1, -0.05) is 12.1 Å². The number of hydrogen-bond acceptors (Lipinski definition) is 3.